The molecule has 5 nitrogen and oxygen atoms in total. The topological polar surface area (TPSA) is 56.2 Å². The van der Waals surface area contributed by atoms with Crippen LogP contribution >= 0.6 is 0 Å². The van der Waals surface area contributed by atoms with Crippen molar-refractivity contribution in [1.82, 2.24) is 19.5 Å². The zero-order chi connectivity index (χ0) is 18.5. The van der Waals surface area contributed by atoms with E-state index in [2.05, 4.69) is 15.1 Å². The smallest absolute Gasteiger partial charge is 0.257 e. The van der Waals surface area contributed by atoms with Gasteiger partial charge in [-0.05, 0) is 48.9 Å². The lowest BCUT2D eigenvalue weighted by Gasteiger charge is -2.22. The van der Waals surface area contributed by atoms with Crippen LogP contribution in [0.3, 0.4) is 0 Å². The lowest BCUT2D eigenvalue weighted by atomic mass is 9.84. The molecule has 0 saturated carbocycles. The Morgan fingerprint density at radius 2 is 1.93 bits per heavy atom. The van der Waals surface area contributed by atoms with E-state index in [9.17, 15) is 13.2 Å². The summed E-state index contributed by atoms with van der Waals surface area (Å²) in [4.78, 5) is 8.68. The van der Waals surface area contributed by atoms with Gasteiger partial charge in [0.15, 0.2) is 18.0 Å². The van der Waals surface area contributed by atoms with E-state index < -0.39 is 17.5 Å². The number of halogens is 3. The molecule has 0 amide bonds. The molecule has 3 aromatic heterocycles. The van der Waals surface area contributed by atoms with Gasteiger partial charge in [0.25, 0.3) is 5.89 Å². The van der Waals surface area contributed by atoms with Crippen LogP contribution in [-0.4, -0.2) is 19.5 Å². The summed E-state index contributed by atoms with van der Waals surface area (Å²) in [6, 6.07) is 5.28. The number of benzene rings is 1. The lowest BCUT2D eigenvalue weighted by Crippen LogP contribution is -2.15. The molecule has 0 fully saturated rings. The van der Waals surface area contributed by atoms with Crippen molar-refractivity contribution in [3.8, 4) is 11.5 Å². The molecule has 4 aromatic rings. The molecule has 0 saturated heterocycles. The normalized spacial score (nSPS) is 16.6. The molecule has 0 aliphatic heterocycles. The fraction of sp³-hybridized carbons (Fsp3) is 0.211. The van der Waals surface area contributed by atoms with Crippen LogP contribution < -0.4 is 0 Å². The number of imidazole rings is 1. The molecule has 136 valence electrons. The van der Waals surface area contributed by atoms with Crippen molar-refractivity contribution in [2.45, 2.75) is 25.2 Å². The van der Waals surface area contributed by atoms with E-state index in [0.29, 0.717) is 31.2 Å². The van der Waals surface area contributed by atoms with Crippen LogP contribution in [0.25, 0.3) is 17.1 Å². The van der Waals surface area contributed by atoms with Crippen molar-refractivity contribution in [2.24, 2.45) is 0 Å². The van der Waals surface area contributed by atoms with E-state index in [1.54, 1.807) is 0 Å². The van der Waals surface area contributed by atoms with Gasteiger partial charge in [-0.1, -0.05) is 5.16 Å². The molecule has 0 spiro atoms. The maximum absolute atomic E-state index is 14.1. The van der Waals surface area contributed by atoms with Crippen LogP contribution in [0.2, 0.25) is 0 Å². The summed E-state index contributed by atoms with van der Waals surface area (Å²) in [5.74, 6) is -2.76. The third kappa shape index (κ3) is 2.59. The summed E-state index contributed by atoms with van der Waals surface area (Å²) in [7, 11) is 0. The average Bonchev–Trinajstić information content (AvgIpc) is 3.31. The van der Waals surface area contributed by atoms with Gasteiger partial charge in [-0.15, -0.1) is 0 Å². The molecule has 27 heavy (non-hydrogen) atoms. The summed E-state index contributed by atoms with van der Waals surface area (Å²) in [6.45, 7) is 0. The SMILES string of the molecule is Fc1cc(F)c(C2CCc3c(nc4cc(-c5ncno5)ccn34)C2)cc1F. The zero-order valence-corrected chi connectivity index (χ0v) is 14.0. The van der Waals surface area contributed by atoms with Gasteiger partial charge in [0, 0.05) is 23.5 Å². The number of aryl methyl sites for hydroxylation is 1. The lowest BCUT2D eigenvalue weighted by molar-refractivity contribution is 0.430. The van der Waals surface area contributed by atoms with Crippen LogP contribution in [0.5, 0.6) is 0 Å². The Morgan fingerprint density at radius 3 is 2.74 bits per heavy atom. The minimum Gasteiger partial charge on any atom is -0.334 e. The maximum atomic E-state index is 14.1. The molecule has 1 aliphatic rings. The number of nitrogens with zero attached hydrogens (tertiary/aromatic N) is 4. The van der Waals surface area contributed by atoms with Gasteiger partial charge >= 0.3 is 0 Å². The monoisotopic (exact) mass is 370 g/mol. The largest absolute Gasteiger partial charge is 0.334 e. The van der Waals surface area contributed by atoms with Gasteiger partial charge in [0.2, 0.25) is 0 Å². The fourth-order valence-corrected chi connectivity index (χ4v) is 3.77. The van der Waals surface area contributed by atoms with Gasteiger partial charge < -0.3 is 8.92 Å². The highest BCUT2D eigenvalue weighted by atomic mass is 19.2. The van der Waals surface area contributed by atoms with Crippen LogP contribution in [0.4, 0.5) is 13.2 Å². The highest BCUT2D eigenvalue weighted by Gasteiger charge is 2.27. The van der Waals surface area contributed by atoms with Gasteiger partial charge in [-0.2, -0.15) is 4.98 Å². The number of aromatic nitrogens is 4. The van der Waals surface area contributed by atoms with Crippen molar-refractivity contribution < 1.29 is 17.7 Å². The van der Waals surface area contributed by atoms with Gasteiger partial charge in [-0.3, -0.25) is 0 Å². The Balaban J connectivity index is 1.52. The van der Waals surface area contributed by atoms with E-state index >= 15 is 0 Å². The first kappa shape index (κ1) is 16.0. The predicted octanol–water partition coefficient (Wildman–Crippen LogP) is 4.07. The van der Waals surface area contributed by atoms with E-state index in [1.165, 1.54) is 6.33 Å². The quantitative estimate of drug-likeness (QED) is 0.499. The molecule has 1 aromatic carbocycles. The third-order valence-electron chi connectivity index (χ3n) is 5.07. The highest BCUT2D eigenvalue weighted by molar-refractivity contribution is 5.60. The number of rotatable bonds is 2. The maximum Gasteiger partial charge on any atom is 0.257 e. The molecule has 5 rings (SSSR count). The Labute approximate surface area is 151 Å². The van der Waals surface area contributed by atoms with Gasteiger partial charge in [0.05, 0.1) is 5.69 Å². The van der Waals surface area contributed by atoms with E-state index in [0.717, 1.165) is 28.7 Å². The third-order valence-corrected chi connectivity index (χ3v) is 5.07. The Kier molecular flexibility index (Phi) is 3.53. The number of hydrogen-bond donors (Lipinski definition) is 0. The predicted molar refractivity (Wildman–Crippen MR) is 89.6 cm³/mol. The van der Waals surface area contributed by atoms with Crippen LogP contribution in [0, 0.1) is 17.5 Å². The zero-order valence-electron chi connectivity index (χ0n) is 14.0. The standard InChI is InChI=1S/C19H13F3N4O/c20-13-8-15(22)14(21)7-12(13)10-1-2-17-16(5-10)25-18-6-11(3-4-26(17)18)19-23-9-24-27-19/h3-4,6-10H,1-2,5H2. The molecule has 0 radical (unpaired) electrons. The first-order valence-electron chi connectivity index (χ1n) is 8.51. The Bertz CT molecular complexity index is 1150. The van der Waals surface area contributed by atoms with Crippen LogP contribution in [0.15, 0.2) is 41.3 Å². The molecular formula is C19H13F3N4O. The van der Waals surface area contributed by atoms with Crippen LogP contribution in [-0.2, 0) is 12.8 Å². The van der Waals surface area contributed by atoms with Gasteiger partial charge in [0.1, 0.15) is 11.5 Å². The second-order valence-electron chi connectivity index (χ2n) is 6.62. The minimum absolute atomic E-state index is 0.197. The molecule has 0 N–H and O–H groups in total. The first-order valence-corrected chi connectivity index (χ1v) is 8.51. The first-order chi connectivity index (χ1) is 13.1. The number of fused-ring (bicyclic) bond motifs is 3. The van der Waals surface area contributed by atoms with E-state index in [-0.39, 0.29) is 11.5 Å². The van der Waals surface area contributed by atoms with Crippen LogP contribution in [0.1, 0.15) is 29.3 Å². The number of pyridine rings is 1. The summed E-state index contributed by atoms with van der Waals surface area (Å²) >= 11 is 0. The van der Waals surface area contributed by atoms with Crippen molar-refractivity contribution >= 4 is 5.65 Å². The van der Waals surface area contributed by atoms with Crippen molar-refractivity contribution in [3.63, 3.8) is 0 Å². The molecule has 8 heteroatoms. The van der Waals surface area contributed by atoms with Gasteiger partial charge in [-0.25, -0.2) is 18.2 Å². The second-order valence-corrected chi connectivity index (χ2v) is 6.62. The molecule has 1 unspecified atom stereocenters. The second kappa shape index (κ2) is 5.94. The molecular weight excluding hydrogens is 357 g/mol. The summed E-state index contributed by atoms with van der Waals surface area (Å²) < 4.78 is 48.0. The Morgan fingerprint density at radius 1 is 1.07 bits per heavy atom. The summed E-state index contributed by atoms with van der Waals surface area (Å²) in [6.07, 6.45) is 4.98. The van der Waals surface area contributed by atoms with Crippen molar-refractivity contribution in [3.05, 3.63) is 71.2 Å². The van der Waals surface area contributed by atoms with Crippen molar-refractivity contribution in [2.75, 3.05) is 0 Å². The fourth-order valence-electron chi connectivity index (χ4n) is 3.77. The Hall–Kier alpha value is -3.16. The molecule has 0 bridgehead atoms. The number of hydrogen-bond acceptors (Lipinski definition) is 4. The minimum atomic E-state index is -1.17. The molecule has 3 heterocycles. The van der Waals surface area contributed by atoms with E-state index in [1.807, 2.05) is 22.7 Å². The highest BCUT2D eigenvalue weighted by Crippen LogP contribution is 2.35. The average molecular weight is 370 g/mol. The summed E-state index contributed by atoms with van der Waals surface area (Å²) in [5, 5.41) is 3.60. The molecule has 1 aliphatic carbocycles. The van der Waals surface area contributed by atoms with E-state index in [4.69, 9.17) is 4.52 Å². The molecule has 1 atom stereocenters. The summed E-state index contributed by atoms with van der Waals surface area (Å²) in [5.41, 5.74) is 3.55. The van der Waals surface area contributed by atoms with Crippen molar-refractivity contribution in [1.29, 1.82) is 0 Å².